The molecule has 0 amide bonds. The van der Waals surface area contributed by atoms with Gasteiger partial charge in [0.25, 0.3) is 0 Å². The summed E-state index contributed by atoms with van der Waals surface area (Å²) in [6.07, 6.45) is 0. The van der Waals surface area contributed by atoms with E-state index in [2.05, 4.69) is 0 Å². The molecule has 1 aromatic heterocycles. The topological polar surface area (TPSA) is 17.1 Å². The zero-order chi connectivity index (χ0) is 13.1. The summed E-state index contributed by atoms with van der Waals surface area (Å²) >= 11 is 7.28. The third-order valence-corrected chi connectivity index (χ3v) is 5.72. The van der Waals surface area contributed by atoms with Crippen molar-refractivity contribution in [2.45, 2.75) is 17.9 Å². The van der Waals surface area contributed by atoms with Crippen LogP contribution in [0.15, 0.2) is 36.4 Å². The van der Waals surface area contributed by atoms with Gasteiger partial charge in [-0.05, 0) is 36.8 Å². The van der Waals surface area contributed by atoms with E-state index in [4.69, 9.17) is 11.6 Å². The standard InChI is InChI=1S/C13H12ClFOS2/c1-9(10-2-4-11(15)5-3-10)18(16)8-12-6-7-13(14)17-12/h2-7,9H,8H2,1H3/t9-,18+/m0/s1. The average Bonchev–Trinajstić information content (AvgIpc) is 2.75. The van der Waals surface area contributed by atoms with Gasteiger partial charge in [-0.2, -0.15) is 0 Å². The highest BCUT2D eigenvalue weighted by molar-refractivity contribution is 7.84. The third-order valence-electron chi connectivity index (χ3n) is 2.65. The Bertz CT molecular complexity index is 550. The summed E-state index contributed by atoms with van der Waals surface area (Å²) in [7, 11) is -1.03. The molecule has 0 spiro atoms. The van der Waals surface area contributed by atoms with Gasteiger partial charge < -0.3 is 0 Å². The average molecular weight is 303 g/mol. The van der Waals surface area contributed by atoms with E-state index in [1.54, 1.807) is 18.2 Å². The zero-order valence-corrected chi connectivity index (χ0v) is 12.1. The van der Waals surface area contributed by atoms with Gasteiger partial charge in [0.15, 0.2) is 0 Å². The number of halogens is 2. The lowest BCUT2D eigenvalue weighted by Gasteiger charge is -2.11. The van der Waals surface area contributed by atoms with Crippen molar-refractivity contribution in [2.75, 3.05) is 0 Å². The summed E-state index contributed by atoms with van der Waals surface area (Å²) in [5.41, 5.74) is 0.886. The van der Waals surface area contributed by atoms with Crippen LogP contribution in [0, 0.1) is 5.82 Å². The summed E-state index contributed by atoms with van der Waals surface area (Å²) in [6.45, 7) is 1.89. The first kappa shape index (κ1) is 13.7. The summed E-state index contributed by atoms with van der Waals surface area (Å²) < 4.78 is 25.7. The largest absolute Gasteiger partial charge is 0.259 e. The number of benzene rings is 1. The van der Waals surface area contributed by atoms with Crippen LogP contribution in [-0.2, 0) is 16.6 Å². The van der Waals surface area contributed by atoms with Crippen LogP contribution < -0.4 is 0 Å². The first-order valence-electron chi connectivity index (χ1n) is 5.43. The molecule has 5 heteroatoms. The zero-order valence-electron chi connectivity index (χ0n) is 9.73. The van der Waals surface area contributed by atoms with Crippen LogP contribution in [0.2, 0.25) is 4.34 Å². The van der Waals surface area contributed by atoms with Gasteiger partial charge >= 0.3 is 0 Å². The second-order valence-electron chi connectivity index (χ2n) is 3.92. The Morgan fingerprint density at radius 2 is 1.94 bits per heavy atom. The fourth-order valence-electron chi connectivity index (χ4n) is 1.58. The van der Waals surface area contributed by atoms with E-state index in [9.17, 15) is 8.60 Å². The van der Waals surface area contributed by atoms with Crippen molar-refractivity contribution in [1.29, 1.82) is 0 Å². The minimum Gasteiger partial charge on any atom is -0.259 e. The number of hydrogen-bond acceptors (Lipinski definition) is 2. The first-order valence-corrected chi connectivity index (χ1v) is 8.01. The maximum absolute atomic E-state index is 12.8. The molecule has 18 heavy (non-hydrogen) atoms. The van der Waals surface area contributed by atoms with Crippen LogP contribution in [-0.4, -0.2) is 4.21 Å². The fraction of sp³-hybridized carbons (Fsp3) is 0.231. The highest BCUT2D eigenvalue weighted by atomic mass is 35.5. The van der Waals surface area contributed by atoms with Crippen molar-refractivity contribution < 1.29 is 8.60 Å². The molecular formula is C13H12ClFOS2. The van der Waals surface area contributed by atoms with Gasteiger partial charge in [0.05, 0.1) is 15.3 Å². The Balaban J connectivity index is 2.07. The number of hydrogen-bond donors (Lipinski definition) is 0. The SMILES string of the molecule is C[C@@H](c1ccc(F)cc1)[S@](=O)Cc1ccc(Cl)s1. The van der Waals surface area contributed by atoms with Crippen molar-refractivity contribution >= 4 is 33.7 Å². The predicted octanol–water partition coefficient (Wildman–Crippen LogP) is 4.55. The molecule has 1 aromatic carbocycles. The lowest BCUT2D eigenvalue weighted by Crippen LogP contribution is -2.04. The molecule has 1 heterocycles. The van der Waals surface area contributed by atoms with Gasteiger partial charge in [-0.25, -0.2) is 4.39 Å². The van der Waals surface area contributed by atoms with E-state index in [1.165, 1.54) is 23.5 Å². The summed E-state index contributed by atoms with van der Waals surface area (Å²) in [6, 6.07) is 9.85. The molecule has 1 nitrogen and oxygen atoms in total. The Morgan fingerprint density at radius 1 is 1.28 bits per heavy atom. The molecule has 2 rings (SSSR count). The van der Waals surface area contributed by atoms with E-state index >= 15 is 0 Å². The molecule has 0 saturated carbocycles. The van der Waals surface area contributed by atoms with E-state index in [0.717, 1.165) is 10.4 Å². The Morgan fingerprint density at radius 3 is 2.50 bits per heavy atom. The van der Waals surface area contributed by atoms with Crippen molar-refractivity contribution in [1.82, 2.24) is 0 Å². The summed E-state index contributed by atoms with van der Waals surface area (Å²) in [5, 5.41) is -0.119. The van der Waals surface area contributed by atoms with Gasteiger partial charge in [0, 0.05) is 15.7 Å². The Hall–Kier alpha value is -0.710. The van der Waals surface area contributed by atoms with Crippen LogP contribution in [0.4, 0.5) is 4.39 Å². The molecule has 0 fully saturated rings. The lowest BCUT2D eigenvalue weighted by atomic mass is 10.2. The predicted molar refractivity (Wildman–Crippen MR) is 76.0 cm³/mol. The molecule has 0 bridgehead atoms. The quantitative estimate of drug-likeness (QED) is 0.809. The highest BCUT2D eigenvalue weighted by Crippen LogP contribution is 2.27. The molecule has 0 aliphatic carbocycles. The van der Waals surface area contributed by atoms with E-state index in [0.29, 0.717) is 10.1 Å². The second kappa shape index (κ2) is 5.95. The van der Waals surface area contributed by atoms with Crippen molar-refractivity contribution in [3.8, 4) is 0 Å². The van der Waals surface area contributed by atoms with Gasteiger partial charge in [-0.15, -0.1) is 11.3 Å². The van der Waals surface area contributed by atoms with Gasteiger partial charge in [-0.1, -0.05) is 23.7 Å². The molecule has 0 radical (unpaired) electrons. The van der Waals surface area contributed by atoms with Crippen molar-refractivity contribution in [3.05, 3.63) is 57.0 Å². The first-order chi connectivity index (χ1) is 8.56. The summed E-state index contributed by atoms with van der Waals surface area (Å²) in [4.78, 5) is 1.01. The third kappa shape index (κ3) is 3.40. The molecule has 0 aliphatic heterocycles. The Labute approximate surface area is 117 Å². The molecule has 0 saturated heterocycles. The molecule has 0 N–H and O–H groups in total. The highest BCUT2D eigenvalue weighted by Gasteiger charge is 2.15. The maximum atomic E-state index is 12.8. The van der Waals surface area contributed by atoms with Crippen molar-refractivity contribution in [2.24, 2.45) is 0 Å². The molecule has 0 unspecified atom stereocenters. The van der Waals surface area contributed by atoms with Gasteiger partial charge in [-0.3, -0.25) is 4.21 Å². The molecule has 96 valence electrons. The van der Waals surface area contributed by atoms with E-state index < -0.39 is 10.8 Å². The smallest absolute Gasteiger partial charge is 0.123 e. The molecule has 0 aliphatic rings. The van der Waals surface area contributed by atoms with E-state index in [1.807, 2.05) is 13.0 Å². The monoisotopic (exact) mass is 302 g/mol. The normalized spacial score (nSPS) is 14.4. The second-order valence-corrected chi connectivity index (χ2v) is 7.48. The van der Waals surface area contributed by atoms with E-state index in [-0.39, 0.29) is 11.1 Å². The molecular weight excluding hydrogens is 291 g/mol. The number of thiophene rings is 1. The van der Waals surface area contributed by atoms with Crippen LogP contribution in [0.25, 0.3) is 0 Å². The van der Waals surface area contributed by atoms with Gasteiger partial charge in [0.1, 0.15) is 5.82 Å². The Kier molecular flexibility index (Phi) is 4.54. The van der Waals surface area contributed by atoms with Crippen molar-refractivity contribution in [3.63, 3.8) is 0 Å². The number of rotatable bonds is 4. The fourth-order valence-corrected chi connectivity index (χ4v) is 4.13. The summed E-state index contributed by atoms with van der Waals surface area (Å²) in [5.74, 6) is 0.206. The minimum absolute atomic E-state index is 0.119. The van der Waals surface area contributed by atoms with Crippen LogP contribution in [0.3, 0.4) is 0 Å². The lowest BCUT2D eigenvalue weighted by molar-refractivity contribution is 0.626. The van der Waals surface area contributed by atoms with Crippen LogP contribution in [0.5, 0.6) is 0 Å². The maximum Gasteiger partial charge on any atom is 0.123 e. The minimum atomic E-state index is -1.03. The van der Waals surface area contributed by atoms with Crippen LogP contribution >= 0.6 is 22.9 Å². The van der Waals surface area contributed by atoms with Crippen LogP contribution in [0.1, 0.15) is 22.6 Å². The molecule has 2 aromatic rings. The van der Waals surface area contributed by atoms with Gasteiger partial charge in [0.2, 0.25) is 0 Å². The molecule has 2 atom stereocenters.